The second-order valence-electron chi connectivity index (χ2n) is 4.63. The van der Waals surface area contributed by atoms with Gasteiger partial charge in [-0.05, 0) is 12.3 Å². The van der Waals surface area contributed by atoms with E-state index in [1.807, 2.05) is 17.9 Å². The summed E-state index contributed by atoms with van der Waals surface area (Å²) in [7, 11) is 0. The van der Waals surface area contributed by atoms with E-state index in [0.717, 1.165) is 6.54 Å². The van der Waals surface area contributed by atoms with Gasteiger partial charge in [0.25, 0.3) is 0 Å². The minimum atomic E-state index is 0.150. The van der Waals surface area contributed by atoms with Crippen molar-refractivity contribution in [3.8, 4) is 0 Å². The highest BCUT2D eigenvalue weighted by molar-refractivity contribution is 5.90. The van der Waals surface area contributed by atoms with Crippen LogP contribution in [0.4, 0.5) is 0 Å². The first-order valence-corrected chi connectivity index (χ1v) is 4.39. The van der Waals surface area contributed by atoms with Crippen LogP contribution in [0.5, 0.6) is 0 Å². The number of hydrogen-bond acceptors (Lipinski definition) is 1. The lowest BCUT2D eigenvalue weighted by Gasteiger charge is -2.29. The number of carbonyl (C=O) groups excluding carboxylic acids is 1. The molecule has 0 aliphatic carbocycles. The highest BCUT2D eigenvalue weighted by Crippen LogP contribution is 2.20. The van der Waals surface area contributed by atoms with Gasteiger partial charge in [0.15, 0.2) is 0 Å². The fraction of sp³-hybridized carbons (Fsp3) is 0.700. The third-order valence-electron chi connectivity index (χ3n) is 1.94. The van der Waals surface area contributed by atoms with E-state index in [0.29, 0.717) is 0 Å². The van der Waals surface area contributed by atoms with E-state index >= 15 is 0 Å². The van der Waals surface area contributed by atoms with Crippen LogP contribution in [0.1, 0.15) is 27.7 Å². The summed E-state index contributed by atoms with van der Waals surface area (Å²) in [6.07, 6.45) is 3.62. The van der Waals surface area contributed by atoms with Gasteiger partial charge in [-0.25, -0.2) is 0 Å². The summed E-state index contributed by atoms with van der Waals surface area (Å²) in [5.41, 5.74) is 0.190. The summed E-state index contributed by atoms with van der Waals surface area (Å²) in [4.78, 5) is 13.2. The van der Waals surface area contributed by atoms with Crippen molar-refractivity contribution in [2.75, 3.05) is 6.54 Å². The molecule has 0 bridgehead atoms. The van der Waals surface area contributed by atoms with Crippen molar-refractivity contribution in [1.82, 2.24) is 4.90 Å². The molecule has 2 heteroatoms. The molecule has 0 saturated heterocycles. The Morgan fingerprint density at radius 1 is 1.50 bits per heavy atom. The van der Waals surface area contributed by atoms with Crippen LogP contribution in [0, 0.1) is 5.41 Å². The Bertz CT molecular complexity index is 212. The normalized spacial score (nSPS) is 23.8. The van der Waals surface area contributed by atoms with Gasteiger partial charge < -0.3 is 4.90 Å². The number of hydrogen-bond donors (Lipinski definition) is 0. The molecule has 68 valence electrons. The first-order valence-electron chi connectivity index (χ1n) is 4.39. The van der Waals surface area contributed by atoms with E-state index in [2.05, 4.69) is 20.8 Å². The zero-order chi connectivity index (χ0) is 9.35. The fourth-order valence-corrected chi connectivity index (χ4v) is 1.35. The van der Waals surface area contributed by atoms with E-state index < -0.39 is 0 Å². The standard InChI is InChI=1S/C10H17NO/c1-8-5-6-9(12)11(8)7-10(2,3)4/h5-6,8H,7H2,1-4H3. The molecule has 0 fully saturated rings. The molecule has 1 aliphatic rings. The summed E-state index contributed by atoms with van der Waals surface area (Å²) in [5, 5.41) is 0. The van der Waals surface area contributed by atoms with Crippen LogP contribution in [0.15, 0.2) is 12.2 Å². The van der Waals surface area contributed by atoms with Gasteiger partial charge in [-0.15, -0.1) is 0 Å². The number of rotatable bonds is 1. The minimum Gasteiger partial charge on any atom is -0.332 e. The highest BCUT2D eigenvalue weighted by Gasteiger charge is 2.26. The molecule has 12 heavy (non-hydrogen) atoms. The molecular weight excluding hydrogens is 150 g/mol. The van der Waals surface area contributed by atoms with Gasteiger partial charge in [-0.2, -0.15) is 0 Å². The predicted molar refractivity (Wildman–Crippen MR) is 49.8 cm³/mol. The Balaban J connectivity index is 2.59. The predicted octanol–water partition coefficient (Wildman–Crippen LogP) is 1.82. The fourth-order valence-electron chi connectivity index (χ4n) is 1.35. The van der Waals surface area contributed by atoms with Crippen molar-refractivity contribution in [3.63, 3.8) is 0 Å². The molecule has 1 amide bonds. The van der Waals surface area contributed by atoms with Crippen LogP contribution in [-0.4, -0.2) is 23.4 Å². The van der Waals surface area contributed by atoms with Crippen LogP contribution in [0.2, 0.25) is 0 Å². The molecule has 1 heterocycles. The molecule has 0 N–H and O–H groups in total. The number of carbonyl (C=O) groups is 1. The SMILES string of the molecule is CC1C=CC(=O)N1CC(C)(C)C. The van der Waals surface area contributed by atoms with E-state index in [4.69, 9.17) is 0 Å². The largest absolute Gasteiger partial charge is 0.332 e. The van der Waals surface area contributed by atoms with Gasteiger partial charge in [0, 0.05) is 18.7 Å². The first kappa shape index (κ1) is 9.30. The van der Waals surface area contributed by atoms with Gasteiger partial charge in [0.1, 0.15) is 0 Å². The molecule has 0 spiro atoms. The molecular formula is C10H17NO. The van der Waals surface area contributed by atoms with Crippen LogP contribution in [0.3, 0.4) is 0 Å². The maximum atomic E-state index is 11.3. The second kappa shape index (κ2) is 2.92. The maximum Gasteiger partial charge on any atom is 0.246 e. The monoisotopic (exact) mass is 167 g/mol. The summed E-state index contributed by atoms with van der Waals surface area (Å²) in [6, 6.07) is 0.275. The second-order valence-corrected chi connectivity index (χ2v) is 4.63. The average molecular weight is 167 g/mol. The Kier molecular flexibility index (Phi) is 2.27. The lowest BCUT2D eigenvalue weighted by Crippen LogP contribution is -2.38. The zero-order valence-corrected chi connectivity index (χ0v) is 8.29. The van der Waals surface area contributed by atoms with Crippen LogP contribution in [-0.2, 0) is 4.79 Å². The van der Waals surface area contributed by atoms with Gasteiger partial charge >= 0.3 is 0 Å². The molecule has 1 aliphatic heterocycles. The average Bonchev–Trinajstić information content (AvgIpc) is 2.16. The maximum absolute atomic E-state index is 11.3. The van der Waals surface area contributed by atoms with Gasteiger partial charge in [0.05, 0.1) is 0 Å². The Hall–Kier alpha value is -0.790. The third kappa shape index (κ3) is 2.10. The van der Waals surface area contributed by atoms with E-state index in [-0.39, 0.29) is 17.4 Å². The lowest BCUT2D eigenvalue weighted by molar-refractivity contribution is -0.127. The third-order valence-corrected chi connectivity index (χ3v) is 1.94. The molecule has 1 unspecified atom stereocenters. The molecule has 0 aromatic carbocycles. The Labute approximate surface area is 74.2 Å². The summed E-state index contributed by atoms with van der Waals surface area (Å²) >= 11 is 0. The van der Waals surface area contributed by atoms with E-state index in [1.165, 1.54) is 0 Å². The smallest absolute Gasteiger partial charge is 0.246 e. The van der Waals surface area contributed by atoms with Crippen molar-refractivity contribution in [3.05, 3.63) is 12.2 Å². The highest BCUT2D eigenvalue weighted by atomic mass is 16.2. The Morgan fingerprint density at radius 2 is 2.08 bits per heavy atom. The summed E-state index contributed by atoms with van der Waals surface area (Å²) < 4.78 is 0. The van der Waals surface area contributed by atoms with Gasteiger partial charge in [-0.3, -0.25) is 4.79 Å². The van der Waals surface area contributed by atoms with E-state index in [1.54, 1.807) is 6.08 Å². The molecule has 1 atom stereocenters. The lowest BCUT2D eigenvalue weighted by atomic mass is 9.96. The number of amides is 1. The van der Waals surface area contributed by atoms with Crippen molar-refractivity contribution in [2.24, 2.45) is 5.41 Å². The number of nitrogens with zero attached hydrogens (tertiary/aromatic N) is 1. The first-order chi connectivity index (χ1) is 5.40. The van der Waals surface area contributed by atoms with Crippen molar-refractivity contribution < 1.29 is 4.79 Å². The van der Waals surface area contributed by atoms with Crippen molar-refractivity contribution in [2.45, 2.75) is 33.7 Å². The molecule has 0 aromatic rings. The topological polar surface area (TPSA) is 20.3 Å². The minimum absolute atomic E-state index is 0.150. The van der Waals surface area contributed by atoms with Crippen LogP contribution in [0.25, 0.3) is 0 Å². The van der Waals surface area contributed by atoms with Crippen molar-refractivity contribution >= 4 is 5.91 Å². The quantitative estimate of drug-likeness (QED) is 0.583. The van der Waals surface area contributed by atoms with E-state index in [9.17, 15) is 4.79 Å². The van der Waals surface area contributed by atoms with Crippen LogP contribution >= 0.6 is 0 Å². The molecule has 0 aromatic heterocycles. The molecule has 1 rings (SSSR count). The molecule has 2 nitrogen and oxygen atoms in total. The molecule has 0 radical (unpaired) electrons. The Morgan fingerprint density at radius 3 is 2.42 bits per heavy atom. The summed E-state index contributed by atoms with van der Waals surface area (Å²) in [5.74, 6) is 0.150. The van der Waals surface area contributed by atoms with Gasteiger partial charge in [-0.1, -0.05) is 26.8 Å². The zero-order valence-electron chi connectivity index (χ0n) is 8.29. The van der Waals surface area contributed by atoms with Crippen molar-refractivity contribution in [1.29, 1.82) is 0 Å². The van der Waals surface area contributed by atoms with Gasteiger partial charge in [0.2, 0.25) is 5.91 Å². The molecule has 0 saturated carbocycles. The summed E-state index contributed by atoms with van der Waals surface area (Å²) in [6.45, 7) is 9.31. The van der Waals surface area contributed by atoms with Crippen LogP contribution < -0.4 is 0 Å².